The van der Waals surface area contributed by atoms with E-state index in [0.717, 1.165) is 12.2 Å². The summed E-state index contributed by atoms with van der Waals surface area (Å²) in [4.78, 5) is 20.0. The molecule has 1 rings (SSSR count). The zero-order valence-corrected chi connectivity index (χ0v) is 9.75. The Hall–Kier alpha value is -2.00. The van der Waals surface area contributed by atoms with Crippen LogP contribution in [0.3, 0.4) is 0 Å². The van der Waals surface area contributed by atoms with Crippen molar-refractivity contribution in [1.82, 2.24) is 0 Å². The van der Waals surface area contributed by atoms with Gasteiger partial charge in [-0.05, 0) is 0 Å². The number of aliphatic hydroxyl groups is 1. The minimum Gasteiger partial charge on any atom is -0.481 e. The van der Waals surface area contributed by atoms with Crippen molar-refractivity contribution in [3.63, 3.8) is 0 Å². The van der Waals surface area contributed by atoms with Gasteiger partial charge in [0.15, 0.2) is 4.86 Å². The van der Waals surface area contributed by atoms with Gasteiger partial charge in [-0.25, -0.2) is 0 Å². The average molecular weight is 275 g/mol. The highest BCUT2D eigenvalue weighted by Gasteiger charge is 2.37. The molecule has 0 radical (unpaired) electrons. The quantitative estimate of drug-likeness (QED) is 0.390. The van der Waals surface area contributed by atoms with E-state index in [9.17, 15) is 23.3 Å². The lowest BCUT2D eigenvalue weighted by atomic mass is 9.92. The summed E-state index contributed by atoms with van der Waals surface area (Å²) in [6.45, 7) is -0.409. The fourth-order valence-corrected chi connectivity index (χ4v) is 2.34. The van der Waals surface area contributed by atoms with Gasteiger partial charge in [0.25, 0.3) is 5.70 Å². The fourth-order valence-electron chi connectivity index (χ4n) is 1.59. The number of rotatable bonds is 4. The molecule has 9 heteroatoms. The Morgan fingerprint density at radius 1 is 1.50 bits per heavy atom. The lowest BCUT2D eigenvalue weighted by Gasteiger charge is -2.14. The van der Waals surface area contributed by atoms with E-state index in [1.165, 1.54) is 0 Å². The summed E-state index contributed by atoms with van der Waals surface area (Å²) in [6.07, 6.45) is 2.08. The standard InChI is InChI=1S/C9H9NO7S/c11-4-3-5-1-2-6(9(12)13)8(18(16)17)7(5)10(14)15/h1-2,6,11H,3-4H2,(H,12,13). The molecule has 98 valence electrons. The summed E-state index contributed by atoms with van der Waals surface area (Å²) in [5.41, 5.74) is -0.786. The van der Waals surface area contributed by atoms with Gasteiger partial charge in [-0.15, -0.1) is 0 Å². The number of hydrogen-bond donors (Lipinski definition) is 2. The van der Waals surface area contributed by atoms with E-state index in [-0.39, 0.29) is 12.0 Å². The van der Waals surface area contributed by atoms with Gasteiger partial charge in [-0.2, -0.15) is 8.42 Å². The summed E-state index contributed by atoms with van der Waals surface area (Å²) < 4.78 is 22.0. The number of carboxylic acids is 1. The van der Waals surface area contributed by atoms with Gasteiger partial charge in [0.05, 0.1) is 4.92 Å². The van der Waals surface area contributed by atoms with Crippen molar-refractivity contribution in [2.75, 3.05) is 6.61 Å². The van der Waals surface area contributed by atoms with Crippen molar-refractivity contribution in [1.29, 1.82) is 0 Å². The molecule has 1 atom stereocenters. The van der Waals surface area contributed by atoms with E-state index in [1.807, 2.05) is 0 Å². The topological polar surface area (TPSA) is 135 Å². The van der Waals surface area contributed by atoms with Crippen LogP contribution in [0.2, 0.25) is 0 Å². The number of allylic oxidation sites excluding steroid dienone is 2. The third-order valence-electron chi connectivity index (χ3n) is 2.32. The van der Waals surface area contributed by atoms with Crippen molar-refractivity contribution in [2.45, 2.75) is 6.42 Å². The first-order valence-corrected chi connectivity index (χ1v) is 5.83. The zero-order valence-electron chi connectivity index (χ0n) is 8.94. The van der Waals surface area contributed by atoms with Crippen molar-refractivity contribution < 1.29 is 28.3 Å². The molecular formula is C9H9NO7S. The maximum Gasteiger partial charge on any atom is 0.316 e. The summed E-state index contributed by atoms with van der Waals surface area (Å²) in [5.74, 6) is -3.07. The second-order valence-electron chi connectivity index (χ2n) is 3.38. The maximum absolute atomic E-state index is 11.0. The summed E-state index contributed by atoms with van der Waals surface area (Å²) in [6, 6.07) is 0. The minimum absolute atomic E-state index is 0.0146. The van der Waals surface area contributed by atoms with Gasteiger partial charge in [0.1, 0.15) is 5.92 Å². The molecule has 0 aromatic heterocycles. The molecule has 0 bridgehead atoms. The van der Waals surface area contributed by atoms with Gasteiger partial charge in [-0.1, -0.05) is 12.2 Å². The van der Waals surface area contributed by atoms with Crippen LogP contribution in [0.4, 0.5) is 0 Å². The van der Waals surface area contributed by atoms with E-state index in [1.54, 1.807) is 0 Å². The van der Waals surface area contributed by atoms with Crippen molar-refractivity contribution in [3.05, 3.63) is 33.5 Å². The van der Waals surface area contributed by atoms with Gasteiger partial charge < -0.3 is 10.2 Å². The van der Waals surface area contributed by atoms with Crippen LogP contribution in [-0.4, -0.2) is 41.0 Å². The Kier molecular flexibility index (Phi) is 4.34. The van der Waals surface area contributed by atoms with Crippen LogP contribution in [0.15, 0.2) is 23.4 Å². The van der Waals surface area contributed by atoms with Crippen molar-refractivity contribution >= 4 is 21.1 Å². The predicted octanol–water partition coefficient (Wildman–Crippen LogP) is -0.778. The Balaban J connectivity index is 3.54. The SMILES string of the molecule is O=C(O)C1C=CC(CCO)=C([N+](=O)[O-])C1=S(=O)=O. The number of aliphatic hydroxyl groups excluding tert-OH is 1. The summed E-state index contributed by atoms with van der Waals surface area (Å²) >= 11 is 0. The highest BCUT2D eigenvalue weighted by Crippen LogP contribution is 2.24. The van der Waals surface area contributed by atoms with Crippen LogP contribution in [-0.2, 0) is 15.1 Å². The Bertz CT molecular complexity index is 576. The Morgan fingerprint density at radius 3 is 2.50 bits per heavy atom. The molecule has 0 fully saturated rings. The maximum atomic E-state index is 11.0. The average Bonchev–Trinajstić information content (AvgIpc) is 2.27. The van der Waals surface area contributed by atoms with E-state index in [2.05, 4.69) is 0 Å². The number of nitro groups is 1. The highest BCUT2D eigenvalue weighted by molar-refractivity contribution is 7.73. The van der Waals surface area contributed by atoms with E-state index < -0.39 is 44.3 Å². The molecule has 18 heavy (non-hydrogen) atoms. The first kappa shape index (κ1) is 14.1. The van der Waals surface area contributed by atoms with Gasteiger partial charge >= 0.3 is 5.97 Å². The zero-order chi connectivity index (χ0) is 13.9. The van der Waals surface area contributed by atoms with Crippen LogP contribution in [0, 0.1) is 16.0 Å². The molecule has 1 unspecified atom stereocenters. The van der Waals surface area contributed by atoms with Crippen LogP contribution in [0.1, 0.15) is 6.42 Å². The second-order valence-corrected chi connectivity index (χ2v) is 4.29. The van der Waals surface area contributed by atoms with Crippen LogP contribution < -0.4 is 0 Å². The monoisotopic (exact) mass is 275 g/mol. The molecule has 0 saturated heterocycles. The molecule has 0 spiro atoms. The van der Waals surface area contributed by atoms with Gasteiger partial charge in [0.2, 0.25) is 10.3 Å². The van der Waals surface area contributed by atoms with Gasteiger partial charge in [0, 0.05) is 18.6 Å². The number of hydrogen-bond acceptors (Lipinski definition) is 6. The smallest absolute Gasteiger partial charge is 0.316 e. The van der Waals surface area contributed by atoms with E-state index in [4.69, 9.17) is 10.2 Å². The highest BCUT2D eigenvalue weighted by atomic mass is 32.2. The van der Waals surface area contributed by atoms with Crippen LogP contribution >= 0.6 is 0 Å². The van der Waals surface area contributed by atoms with Crippen LogP contribution in [0.5, 0.6) is 0 Å². The molecule has 1 aliphatic rings. The predicted molar refractivity (Wildman–Crippen MR) is 59.9 cm³/mol. The molecule has 8 nitrogen and oxygen atoms in total. The number of carboxylic acid groups (broad SMARTS) is 1. The Morgan fingerprint density at radius 2 is 2.11 bits per heavy atom. The number of aliphatic carboxylic acids is 1. The molecule has 2 N–H and O–H groups in total. The fraction of sp³-hybridized carbons (Fsp3) is 0.333. The Labute approximate surface area is 103 Å². The molecule has 0 aromatic carbocycles. The first-order valence-electron chi connectivity index (χ1n) is 4.76. The van der Waals surface area contributed by atoms with E-state index in [0.29, 0.717) is 0 Å². The molecule has 0 aliphatic heterocycles. The lowest BCUT2D eigenvalue weighted by Crippen LogP contribution is -2.30. The second kappa shape index (κ2) is 5.56. The minimum atomic E-state index is -3.02. The first-order chi connectivity index (χ1) is 8.40. The summed E-state index contributed by atoms with van der Waals surface area (Å²) in [7, 11) is -3.02. The van der Waals surface area contributed by atoms with Gasteiger partial charge in [-0.3, -0.25) is 14.9 Å². The van der Waals surface area contributed by atoms with Crippen LogP contribution in [0.25, 0.3) is 0 Å². The molecule has 0 amide bonds. The third kappa shape index (κ3) is 2.63. The number of carbonyl (C=O) groups is 1. The van der Waals surface area contributed by atoms with E-state index >= 15 is 0 Å². The molecule has 1 aliphatic carbocycles. The molecule has 0 heterocycles. The molecule has 0 aromatic rings. The normalized spacial score (nSPS) is 18.9. The van der Waals surface area contributed by atoms with Crippen molar-refractivity contribution in [2.24, 2.45) is 5.92 Å². The molecule has 0 saturated carbocycles. The largest absolute Gasteiger partial charge is 0.481 e. The molecular weight excluding hydrogens is 266 g/mol. The third-order valence-corrected chi connectivity index (χ3v) is 3.13. The number of nitrogens with zero attached hydrogens (tertiary/aromatic N) is 1. The summed E-state index contributed by atoms with van der Waals surface area (Å²) in [5, 5.41) is 28.4. The lowest BCUT2D eigenvalue weighted by molar-refractivity contribution is -0.416. The van der Waals surface area contributed by atoms with Crippen molar-refractivity contribution in [3.8, 4) is 0 Å².